The minimum atomic E-state index is -0.226. The van der Waals surface area contributed by atoms with Gasteiger partial charge in [0.1, 0.15) is 10.7 Å². The van der Waals surface area contributed by atoms with Crippen molar-refractivity contribution in [2.75, 3.05) is 0 Å². The Hall–Kier alpha value is -2.28. The number of imidazole rings is 1. The standard InChI is InChI=1S/C16H19N5OS/c1-10(14-20-12(9-23-14)16(2,3)4)18-13(22)11-8-21-7-5-6-17-15(21)19-11/h5-10H,1-4H3,(H,18,22)/t10-/m0/s1. The molecule has 1 atom stereocenters. The maximum Gasteiger partial charge on any atom is 0.272 e. The molecule has 0 saturated heterocycles. The number of thiazole rings is 1. The first kappa shape index (κ1) is 15.6. The number of carbonyl (C=O) groups excluding carboxylic acids is 1. The number of rotatable bonds is 3. The Balaban J connectivity index is 1.75. The van der Waals surface area contributed by atoms with Crippen LogP contribution in [0.2, 0.25) is 0 Å². The van der Waals surface area contributed by atoms with Gasteiger partial charge in [0.05, 0.1) is 11.7 Å². The molecule has 0 spiro atoms. The molecule has 0 saturated carbocycles. The quantitative estimate of drug-likeness (QED) is 0.802. The van der Waals surface area contributed by atoms with Gasteiger partial charge in [0.25, 0.3) is 5.91 Å². The van der Waals surface area contributed by atoms with E-state index in [1.807, 2.05) is 18.5 Å². The fourth-order valence-electron chi connectivity index (χ4n) is 2.10. The van der Waals surface area contributed by atoms with Crippen LogP contribution in [0.25, 0.3) is 5.78 Å². The molecule has 0 bridgehead atoms. The van der Waals surface area contributed by atoms with E-state index in [0.717, 1.165) is 10.7 Å². The molecule has 0 aliphatic carbocycles. The molecule has 0 fully saturated rings. The predicted octanol–water partition coefficient (Wildman–Crippen LogP) is 2.97. The molecule has 0 aromatic carbocycles. The Morgan fingerprint density at radius 3 is 2.78 bits per heavy atom. The Kier molecular flexibility index (Phi) is 3.89. The molecule has 3 aromatic rings. The zero-order valence-electron chi connectivity index (χ0n) is 13.6. The molecule has 7 heteroatoms. The third-order valence-corrected chi connectivity index (χ3v) is 4.50. The van der Waals surface area contributed by atoms with Gasteiger partial charge in [0.2, 0.25) is 5.78 Å². The normalized spacial score (nSPS) is 13.2. The van der Waals surface area contributed by atoms with Crippen molar-refractivity contribution >= 4 is 23.0 Å². The van der Waals surface area contributed by atoms with Crippen LogP contribution in [-0.4, -0.2) is 25.3 Å². The van der Waals surface area contributed by atoms with Gasteiger partial charge in [-0.25, -0.2) is 15.0 Å². The van der Waals surface area contributed by atoms with Crippen molar-refractivity contribution in [3.05, 3.63) is 46.4 Å². The van der Waals surface area contributed by atoms with E-state index in [-0.39, 0.29) is 17.4 Å². The average molecular weight is 329 g/mol. The summed E-state index contributed by atoms with van der Waals surface area (Å²) in [5, 5.41) is 5.89. The Morgan fingerprint density at radius 1 is 1.35 bits per heavy atom. The number of aromatic nitrogens is 4. The highest BCUT2D eigenvalue weighted by Gasteiger charge is 2.21. The number of hydrogen-bond donors (Lipinski definition) is 1. The lowest BCUT2D eigenvalue weighted by Gasteiger charge is -2.15. The van der Waals surface area contributed by atoms with Gasteiger partial charge in [-0.2, -0.15) is 0 Å². The van der Waals surface area contributed by atoms with Crippen molar-refractivity contribution < 1.29 is 4.79 Å². The van der Waals surface area contributed by atoms with Crippen LogP contribution in [-0.2, 0) is 5.41 Å². The van der Waals surface area contributed by atoms with Crippen LogP contribution in [0.3, 0.4) is 0 Å². The van der Waals surface area contributed by atoms with Crippen LogP contribution >= 0.6 is 11.3 Å². The van der Waals surface area contributed by atoms with Gasteiger partial charge in [0, 0.05) is 29.4 Å². The lowest BCUT2D eigenvalue weighted by Crippen LogP contribution is -2.27. The van der Waals surface area contributed by atoms with Crippen molar-refractivity contribution in [1.82, 2.24) is 24.7 Å². The summed E-state index contributed by atoms with van der Waals surface area (Å²) in [5.41, 5.74) is 1.39. The summed E-state index contributed by atoms with van der Waals surface area (Å²) in [6.45, 7) is 8.30. The number of fused-ring (bicyclic) bond motifs is 1. The summed E-state index contributed by atoms with van der Waals surface area (Å²) >= 11 is 1.56. The second kappa shape index (κ2) is 5.73. The second-order valence-corrected chi connectivity index (χ2v) is 7.36. The second-order valence-electron chi connectivity index (χ2n) is 6.47. The summed E-state index contributed by atoms with van der Waals surface area (Å²) in [4.78, 5) is 25.3. The number of carbonyl (C=O) groups is 1. The minimum absolute atomic E-state index is 0.00570. The highest BCUT2D eigenvalue weighted by molar-refractivity contribution is 7.09. The molecule has 0 unspecified atom stereocenters. The number of amides is 1. The van der Waals surface area contributed by atoms with E-state index >= 15 is 0 Å². The summed E-state index contributed by atoms with van der Waals surface area (Å²) in [6.07, 6.45) is 5.13. The molecular weight excluding hydrogens is 310 g/mol. The fraction of sp³-hybridized carbons (Fsp3) is 0.375. The zero-order valence-corrected chi connectivity index (χ0v) is 14.4. The van der Waals surface area contributed by atoms with Crippen molar-refractivity contribution in [2.45, 2.75) is 39.2 Å². The van der Waals surface area contributed by atoms with E-state index < -0.39 is 0 Å². The topological polar surface area (TPSA) is 72.2 Å². The molecule has 3 aromatic heterocycles. The number of hydrogen-bond acceptors (Lipinski definition) is 5. The molecule has 0 aliphatic rings. The summed E-state index contributed by atoms with van der Waals surface area (Å²) in [7, 11) is 0. The fourth-order valence-corrected chi connectivity index (χ4v) is 3.16. The van der Waals surface area contributed by atoms with Crippen LogP contribution in [0.15, 0.2) is 30.0 Å². The van der Waals surface area contributed by atoms with Gasteiger partial charge in [-0.05, 0) is 13.0 Å². The van der Waals surface area contributed by atoms with E-state index in [0.29, 0.717) is 11.5 Å². The first-order valence-electron chi connectivity index (χ1n) is 7.41. The average Bonchev–Trinajstić information content (AvgIpc) is 3.13. The molecule has 120 valence electrons. The number of nitrogens with zero attached hydrogens (tertiary/aromatic N) is 4. The zero-order chi connectivity index (χ0) is 16.6. The van der Waals surface area contributed by atoms with Gasteiger partial charge in [-0.1, -0.05) is 20.8 Å². The maximum absolute atomic E-state index is 12.4. The van der Waals surface area contributed by atoms with Crippen LogP contribution in [0.1, 0.15) is 54.9 Å². The Morgan fingerprint density at radius 2 is 2.13 bits per heavy atom. The molecular formula is C16H19N5OS. The van der Waals surface area contributed by atoms with Crippen molar-refractivity contribution in [1.29, 1.82) is 0 Å². The Labute approximate surface area is 138 Å². The summed E-state index contributed by atoms with van der Waals surface area (Å²) < 4.78 is 1.72. The largest absolute Gasteiger partial charge is 0.342 e. The summed E-state index contributed by atoms with van der Waals surface area (Å²) in [5.74, 6) is 0.282. The molecule has 0 radical (unpaired) electrons. The molecule has 3 heterocycles. The van der Waals surface area contributed by atoms with Crippen molar-refractivity contribution in [3.8, 4) is 0 Å². The smallest absolute Gasteiger partial charge is 0.272 e. The van der Waals surface area contributed by atoms with E-state index in [1.165, 1.54) is 0 Å². The SMILES string of the molecule is C[C@H](NC(=O)c1cn2cccnc2n1)c1nc(C(C)(C)C)cs1. The van der Waals surface area contributed by atoms with Gasteiger partial charge in [-0.3, -0.25) is 9.20 Å². The molecule has 0 aliphatic heterocycles. The van der Waals surface area contributed by atoms with Gasteiger partial charge < -0.3 is 5.32 Å². The Bertz CT molecular complexity index is 812. The summed E-state index contributed by atoms with van der Waals surface area (Å²) in [6, 6.07) is 1.63. The predicted molar refractivity (Wildman–Crippen MR) is 89.7 cm³/mol. The third kappa shape index (κ3) is 3.24. The van der Waals surface area contributed by atoms with E-state index in [4.69, 9.17) is 0 Å². The van der Waals surface area contributed by atoms with Crippen LogP contribution < -0.4 is 5.32 Å². The lowest BCUT2D eigenvalue weighted by molar-refractivity contribution is 0.0935. The van der Waals surface area contributed by atoms with E-state index in [9.17, 15) is 4.79 Å². The first-order chi connectivity index (χ1) is 10.8. The van der Waals surface area contributed by atoms with Crippen LogP contribution in [0.5, 0.6) is 0 Å². The third-order valence-electron chi connectivity index (χ3n) is 3.48. The van der Waals surface area contributed by atoms with E-state index in [2.05, 4.69) is 41.0 Å². The molecule has 6 nitrogen and oxygen atoms in total. The molecule has 1 amide bonds. The van der Waals surface area contributed by atoms with Gasteiger partial charge >= 0.3 is 0 Å². The molecule has 3 rings (SSSR count). The highest BCUT2D eigenvalue weighted by Crippen LogP contribution is 2.26. The minimum Gasteiger partial charge on any atom is -0.342 e. The molecule has 23 heavy (non-hydrogen) atoms. The highest BCUT2D eigenvalue weighted by atomic mass is 32.1. The van der Waals surface area contributed by atoms with Gasteiger partial charge in [-0.15, -0.1) is 11.3 Å². The van der Waals surface area contributed by atoms with E-state index in [1.54, 1.807) is 34.2 Å². The van der Waals surface area contributed by atoms with Crippen molar-refractivity contribution in [2.24, 2.45) is 0 Å². The van der Waals surface area contributed by atoms with Gasteiger partial charge in [0.15, 0.2) is 0 Å². The number of nitrogens with one attached hydrogen (secondary N) is 1. The van der Waals surface area contributed by atoms with Crippen LogP contribution in [0, 0.1) is 0 Å². The van der Waals surface area contributed by atoms with Crippen LogP contribution in [0.4, 0.5) is 0 Å². The van der Waals surface area contributed by atoms with Crippen molar-refractivity contribution in [3.63, 3.8) is 0 Å². The first-order valence-corrected chi connectivity index (χ1v) is 8.29. The maximum atomic E-state index is 12.4. The molecule has 1 N–H and O–H groups in total. The monoisotopic (exact) mass is 329 g/mol. The lowest BCUT2D eigenvalue weighted by atomic mass is 9.93.